The lowest BCUT2D eigenvalue weighted by molar-refractivity contribution is 0.0600. The Bertz CT molecular complexity index is 1250. The number of nitrogens with one attached hydrogen (secondary N) is 1. The fourth-order valence-electron chi connectivity index (χ4n) is 3.15. The monoisotopic (exact) mass is 436 g/mol. The molecule has 2 aromatic carbocycles. The maximum Gasteiger partial charge on any atom is 0.337 e. The summed E-state index contributed by atoms with van der Waals surface area (Å²) in [4.78, 5) is 30.5. The van der Waals surface area contributed by atoms with E-state index in [1.165, 1.54) is 7.11 Å². The fourth-order valence-corrected chi connectivity index (χ4v) is 3.99. The number of hydrogen-bond donors (Lipinski definition) is 1. The lowest BCUT2D eigenvalue weighted by Gasteiger charge is -2.12. The van der Waals surface area contributed by atoms with E-state index in [1.807, 2.05) is 30.5 Å². The summed E-state index contributed by atoms with van der Waals surface area (Å²) in [5, 5.41) is 6.18. The second-order valence-electron chi connectivity index (χ2n) is 6.62. The summed E-state index contributed by atoms with van der Waals surface area (Å²) in [6, 6.07) is 15.8. The molecule has 7 heteroatoms. The molecule has 0 bridgehead atoms. The van der Waals surface area contributed by atoms with Crippen molar-refractivity contribution < 1.29 is 14.3 Å². The zero-order valence-corrected chi connectivity index (χ0v) is 17.8. The summed E-state index contributed by atoms with van der Waals surface area (Å²) in [6.07, 6.45) is 0. The highest BCUT2D eigenvalue weighted by Gasteiger charge is 2.17. The van der Waals surface area contributed by atoms with Gasteiger partial charge in [-0.1, -0.05) is 23.7 Å². The molecule has 0 atom stereocenters. The first-order valence-corrected chi connectivity index (χ1v) is 10.4. The van der Waals surface area contributed by atoms with Crippen molar-refractivity contribution in [1.29, 1.82) is 0 Å². The third kappa shape index (κ3) is 3.79. The van der Waals surface area contributed by atoms with E-state index in [0.717, 1.165) is 15.8 Å². The van der Waals surface area contributed by atoms with Gasteiger partial charge in [0.2, 0.25) is 0 Å². The van der Waals surface area contributed by atoms with Gasteiger partial charge in [-0.3, -0.25) is 4.79 Å². The standard InChI is InChI=1S/C23H17ClN2O3S/c1-13-18(24)10-9-16-17(12-19(26-21(13)16)20-4-3-11-30-20)22(27)25-15-7-5-14(6-8-15)23(28)29-2/h3-12H,1-2H3,(H,25,27). The minimum Gasteiger partial charge on any atom is -0.465 e. The number of thiophene rings is 1. The molecule has 1 amide bonds. The second-order valence-corrected chi connectivity index (χ2v) is 7.98. The van der Waals surface area contributed by atoms with E-state index in [2.05, 4.69) is 5.32 Å². The molecule has 2 aromatic heterocycles. The van der Waals surface area contributed by atoms with Gasteiger partial charge in [-0.05, 0) is 60.3 Å². The molecule has 0 saturated carbocycles. The highest BCUT2D eigenvalue weighted by Crippen LogP contribution is 2.32. The molecule has 0 fully saturated rings. The first-order valence-electron chi connectivity index (χ1n) is 9.11. The van der Waals surface area contributed by atoms with Crippen LogP contribution in [-0.2, 0) is 4.74 Å². The molecule has 4 rings (SSSR count). The van der Waals surface area contributed by atoms with Gasteiger partial charge in [0.15, 0.2) is 0 Å². The molecule has 0 spiro atoms. The van der Waals surface area contributed by atoms with Crippen molar-refractivity contribution in [2.24, 2.45) is 0 Å². The summed E-state index contributed by atoms with van der Waals surface area (Å²) >= 11 is 7.86. The van der Waals surface area contributed by atoms with Crippen LogP contribution in [0.15, 0.2) is 60.0 Å². The number of esters is 1. The molecule has 4 aromatic rings. The van der Waals surface area contributed by atoms with Gasteiger partial charge in [-0.2, -0.15) is 0 Å². The Morgan fingerprint density at radius 2 is 1.87 bits per heavy atom. The third-order valence-electron chi connectivity index (χ3n) is 4.75. The number of anilines is 1. The predicted octanol–water partition coefficient (Wildman–Crippen LogP) is 5.96. The molecular formula is C23H17ClN2O3S. The topological polar surface area (TPSA) is 68.3 Å². The number of carbonyl (C=O) groups excluding carboxylic acids is 2. The Hall–Kier alpha value is -3.22. The number of fused-ring (bicyclic) bond motifs is 1. The van der Waals surface area contributed by atoms with Crippen molar-refractivity contribution in [2.75, 3.05) is 12.4 Å². The van der Waals surface area contributed by atoms with E-state index in [1.54, 1.807) is 47.7 Å². The highest BCUT2D eigenvalue weighted by atomic mass is 35.5. The summed E-state index contributed by atoms with van der Waals surface area (Å²) < 4.78 is 4.70. The smallest absolute Gasteiger partial charge is 0.337 e. The average molecular weight is 437 g/mol. The number of methoxy groups -OCH3 is 1. The maximum absolute atomic E-state index is 13.2. The molecule has 150 valence electrons. The Kier molecular flexibility index (Phi) is 5.53. The number of aryl methyl sites for hydroxylation is 1. The minimum absolute atomic E-state index is 0.271. The number of nitrogens with zero attached hydrogens (tertiary/aromatic N) is 1. The molecule has 0 saturated heterocycles. The van der Waals surface area contributed by atoms with Gasteiger partial charge in [0, 0.05) is 16.1 Å². The number of hydrogen-bond acceptors (Lipinski definition) is 5. The molecule has 0 aliphatic heterocycles. The normalized spacial score (nSPS) is 10.8. The Labute approximate surface area is 182 Å². The molecule has 1 N–H and O–H groups in total. The van der Waals surface area contributed by atoms with Crippen molar-refractivity contribution in [1.82, 2.24) is 4.98 Å². The van der Waals surface area contributed by atoms with Gasteiger partial charge in [0.1, 0.15) is 0 Å². The zero-order valence-electron chi connectivity index (χ0n) is 16.2. The Morgan fingerprint density at radius 1 is 1.10 bits per heavy atom. The summed E-state index contributed by atoms with van der Waals surface area (Å²) in [5.41, 5.74) is 3.72. The van der Waals surface area contributed by atoms with Gasteiger partial charge in [-0.25, -0.2) is 9.78 Å². The van der Waals surface area contributed by atoms with Gasteiger partial charge in [-0.15, -0.1) is 11.3 Å². The summed E-state index contributed by atoms with van der Waals surface area (Å²) in [7, 11) is 1.33. The summed E-state index contributed by atoms with van der Waals surface area (Å²) in [5.74, 6) is -0.700. The van der Waals surface area contributed by atoms with Crippen LogP contribution < -0.4 is 5.32 Å². The Morgan fingerprint density at radius 3 is 2.53 bits per heavy atom. The second kappa shape index (κ2) is 8.26. The van der Waals surface area contributed by atoms with E-state index in [4.69, 9.17) is 21.3 Å². The van der Waals surface area contributed by atoms with Crippen LogP contribution in [0, 0.1) is 6.92 Å². The van der Waals surface area contributed by atoms with Crippen molar-refractivity contribution in [3.8, 4) is 10.6 Å². The molecule has 5 nitrogen and oxygen atoms in total. The minimum atomic E-state index is -0.430. The third-order valence-corrected chi connectivity index (χ3v) is 6.05. The van der Waals surface area contributed by atoms with Gasteiger partial charge in [0.05, 0.1) is 34.3 Å². The largest absolute Gasteiger partial charge is 0.465 e. The molecule has 0 aliphatic carbocycles. The van der Waals surface area contributed by atoms with Crippen LogP contribution in [0.1, 0.15) is 26.3 Å². The molecule has 2 heterocycles. The van der Waals surface area contributed by atoms with Crippen molar-refractivity contribution in [3.63, 3.8) is 0 Å². The van der Waals surface area contributed by atoms with Crippen molar-refractivity contribution >= 4 is 51.4 Å². The first-order chi connectivity index (χ1) is 14.5. The van der Waals surface area contributed by atoms with Gasteiger partial charge >= 0.3 is 5.97 Å². The van der Waals surface area contributed by atoms with Crippen molar-refractivity contribution in [2.45, 2.75) is 6.92 Å². The van der Waals surface area contributed by atoms with Crippen LogP contribution >= 0.6 is 22.9 Å². The van der Waals surface area contributed by atoms with Crippen LogP contribution in [0.25, 0.3) is 21.5 Å². The predicted molar refractivity (Wildman–Crippen MR) is 121 cm³/mol. The zero-order chi connectivity index (χ0) is 21.3. The van der Waals surface area contributed by atoms with Crippen molar-refractivity contribution in [3.05, 3.63) is 81.7 Å². The molecule has 0 aliphatic rings. The number of benzene rings is 2. The van der Waals surface area contributed by atoms with Gasteiger partial charge in [0.25, 0.3) is 5.91 Å². The van der Waals surface area contributed by atoms with Crippen LogP contribution in [0.4, 0.5) is 5.69 Å². The van der Waals surface area contributed by atoms with E-state index >= 15 is 0 Å². The number of carbonyl (C=O) groups is 2. The quantitative estimate of drug-likeness (QED) is 0.400. The molecule has 30 heavy (non-hydrogen) atoms. The number of pyridine rings is 1. The number of amides is 1. The number of ether oxygens (including phenoxy) is 1. The molecule has 0 radical (unpaired) electrons. The lowest BCUT2D eigenvalue weighted by atomic mass is 10.0. The highest BCUT2D eigenvalue weighted by molar-refractivity contribution is 7.13. The van der Waals surface area contributed by atoms with E-state index in [-0.39, 0.29) is 5.91 Å². The van der Waals surface area contributed by atoms with Crippen LogP contribution in [0.3, 0.4) is 0 Å². The SMILES string of the molecule is COC(=O)c1ccc(NC(=O)c2cc(-c3cccs3)nc3c(C)c(Cl)ccc23)cc1. The summed E-state index contributed by atoms with van der Waals surface area (Å²) in [6.45, 7) is 1.89. The molecular weight excluding hydrogens is 420 g/mol. The number of halogens is 1. The van der Waals surface area contributed by atoms with Crippen LogP contribution in [-0.4, -0.2) is 24.0 Å². The lowest BCUT2D eigenvalue weighted by Crippen LogP contribution is -2.13. The fraction of sp³-hybridized carbons (Fsp3) is 0.0870. The van der Waals surface area contributed by atoms with Gasteiger partial charge < -0.3 is 10.1 Å². The van der Waals surface area contributed by atoms with Crippen LogP contribution in [0.2, 0.25) is 5.02 Å². The van der Waals surface area contributed by atoms with E-state index < -0.39 is 5.97 Å². The average Bonchev–Trinajstić information content (AvgIpc) is 3.30. The van der Waals surface area contributed by atoms with E-state index in [0.29, 0.717) is 33.0 Å². The van der Waals surface area contributed by atoms with E-state index in [9.17, 15) is 9.59 Å². The first kappa shape index (κ1) is 20.1. The molecule has 0 unspecified atom stereocenters. The maximum atomic E-state index is 13.2. The number of rotatable bonds is 4. The number of aromatic nitrogens is 1. The van der Waals surface area contributed by atoms with Crippen LogP contribution in [0.5, 0.6) is 0 Å². The Balaban J connectivity index is 1.76.